The van der Waals surface area contributed by atoms with E-state index in [1.165, 1.54) is 0 Å². The van der Waals surface area contributed by atoms with E-state index in [1.54, 1.807) is 18.6 Å². The van der Waals surface area contributed by atoms with Gasteiger partial charge in [0.15, 0.2) is 0 Å². The number of hydrogen-bond donors (Lipinski definition) is 2. The van der Waals surface area contributed by atoms with E-state index in [0.717, 1.165) is 59.3 Å². The minimum absolute atomic E-state index is 0.115. The summed E-state index contributed by atoms with van der Waals surface area (Å²) in [6.45, 7) is 5.85. The van der Waals surface area contributed by atoms with E-state index < -0.39 is 12.0 Å². The molecule has 0 saturated carbocycles. The van der Waals surface area contributed by atoms with Crippen molar-refractivity contribution in [3.63, 3.8) is 0 Å². The molecule has 0 radical (unpaired) electrons. The van der Waals surface area contributed by atoms with Crippen LogP contribution in [0.1, 0.15) is 47.5 Å². The summed E-state index contributed by atoms with van der Waals surface area (Å²) in [6, 6.07) is 19.3. The largest absolute Gasteiger partial charge is 0.489 e. The number of amides is 1. The zero-order valence-electron chi connectivity index (χ0n) is 24.8. The highest BCUT2D eigenvalue weighted by atomic mass is 35.5. The van der Waals surface area contributed by atoms with Crippen LogP contribution in [-0.4, -0.2) is 51.6 Å². The second kappa shape index (κ2) is 12.5. The van der Waals surface area contributed by atoms with Gasteiger partial charge in [-0.3, -0.25) is 14.3 Å². The fourth-order valence-corrected chi connectivity index (χ4v) is 6.22. The molecule has 3 heterocycles. The van der Waals surface area contributed by atoms with Gasteiger partial charge in [0.1, 0.15) is 30.0 Å². The summed E-state index contributed by atoms with van der Waals surface area (Å²) < 4.78 is 14.6. The van der Waals surface area contributed by atoms with Crippen molar-refractivity contribution in [1.29, 1.82) is 0 Å². The van der Waals surface area contributed by atoms with Gasteiger partial charge < -0.3 is 20.1 Å². The number of piperidine rings is 1. The van der Waals surface area contributed by atoms with Crippen LogP contribution in [0.4, 0.5) is 0 Å². The van der Waals surface area contributed by atoms with Crippen molar-refractivity contribution in [2.75, 3.05) is 20.1 Å². The van der Waals surface area contributed by atoms with Crippen LogP contribution in [0.15, 0.2) is 78.1 Å². The van der Waals surface area contributed by atoms with Crippen LogP contribution in [0.3, 0.4) is 0 Å². The predicted octanol–water partition coefficient (Wildman–Crippen LogP) is 7.05. The first-order chi connectivity index (χ1) is 21.2. The molecule has 226 valence electrons. The number of halogens is 1. The van der Waals surface area contributed by atoms with E-state index in [-0.39, 0.29) is 11.7 Å². The summed E-state index contributed by atoms with van der Waals surface area (Å²) in [7, 11) is 2.12. The molecular weight excluding hydrogens is 594 g/mol. The average Bonchev–Trinajstić information content (AvgIpc) is 3.43. The minimum atomic E-state index is -0.610. The molecule has 0 unspecified atom stereocenters. The lowest BCUT2D eigenvalue weighted by molar-refractivity contribution is 0.0996. The molecule has 1 aliphatic rings. The number of carbonyl (C=O) groups is 1. The number of rotatable bonds is 8. The van der Waals surface area contributed by atoms with E-state index >= 15 is 0 Å². The average molecular weight is 628 g/mol. The zero-order valence-corrected chi connectivity index (χ0v) is 26.5. The third-order valence-electron chi connectivity index (χ3n) is 8.07. The summed E-state index contributed by atoms with van der Waals surface area (Å²) in [5, 5.41) is 0.506. The van der Waals surface area contributed by atoms with Gasteiger partial charge in [0.2, 0.25) is 5.91 Å². The van der Waals surface area contributed by atoms with Crippen molar-refractivity contribution >= 4 is 41.2 Å². The van der Waals surface area contributed by atoms with Crippen molar-refractivity contribution in [2.24, 2.45) is 5.73 Å². The van der Waals surface area contributed by atoms with E-state index in [0.29, 0.717) is 27.1 Å². The molecule has 0 aliphatic carbocycles. The molecular formula is C34H34ClN5O3S. The van der Waals surface area contributed by atoms with Crippen LogP contribution < -0.4 is 15.2 Å². The Hall–Kier alpha value is -4.05. The number of imidazole rings is 1. The molecule has 1 fully saturated rings. The van der Waals surface area contributed by atoms with Gasteiger partial charge in [-0.25, -0.2) is 4.98 Å². The van der Waals surface area contributed by atoms with Gasteiger partial charge in [-0.15, -0.1) is 12.6 Å². The zero-order chi connectivity index (χ0) is 31.0. The molecule has 5 aromatic rings. The summed E-state index contributed by atoms with van der Waals surface area (Å²) >= 11 is 11.5. The van der Waals surface area contributed by atoms with Crippen LogP contribution in [0, 0.1) is 6.92 Å². The monoisotopic (exact) mass is 627 g/mol. The van der Waals surface area contributed by atoms with Gasteiger partial charge in [-0.1, -0.05) is 29.8 Å². The highest BCUT2D eigenvalue weighted by Crippen LogP contribution is 2.38. The number of hydrogen-bond acceptors (Lipinski definition) is 7. The molecule has 2 aromatic heterocycles. The number of nitrogens with two attached hydrogens (primary N) is 1. The third kappa shape index (κ3) is 6.13. The number of likely N-dealkylation sites (tertiary alicyclic amines) is 1. The number of primary amides is 1. The third-order valence-corrected chi connectivity index (χ3v) is 8.94. The first-order valence-corrected chi connectivity index (χ1v) is 15.4. The van der Waals surface area contributed by atoms with Gasteiger partial charge in [0.25, 0.3) is 0 Å². The van der Waals surface area contributed by atoms with Crippen molar-refractivity contribution in [2.45, 2.75) is 43.8 Å². The molecule has 10 heteroatoms. The summed E-state index contributed by atoms with van der Waals surface area (Å²) in [5.74, 6) is 0.425. The molecule has 3 aromatic carbocycles. The summed E-state index contributed by atoms with van der Waals surface area (Å²) in [5.41, 5.74) is 12.2. The first-order valence-electron chi connectivity index (χ1n) is 14.6. The topological polar surface area (TPSA) is 95.5 Å². The van der Waals surface area contributed by atoms with Crippen LogP contribution in [0.2, 0.25) is 5.02 Å². The molecule has 1 saturated heterocycles. The van der Waals surface area contributed by atoms with Crippen molar-refractivity contribution < 1.29 is 14.3 Å². The number of ether oxygens (including phenoxy) is 2. The lowest BCUT2D eigenvalue weighted by Crippen LogP contribution is -2.35. The van der Waals surface area contributed by atoms with Crippen molar-refractivity contribution in [3.05, 3.63) is 95.0 Å². The number of aromatic nitrogens is 3. The second-order valence-corrected chi connectivity index (χ2v) is 12.1. The Morgan fingerprint density at radius 1 is 1.05 bits per heavy atom. The molecule has 8 nitrogen and oxygen atoms in total. The quantitative estimate of drug-likeness (QED) is 0.179. The molecule has 1 atom stereocenters. The number of aryl methyl sites for hydroxylation is 1. The molecule has 1 aliphatic heterocycles. The van der Waals surface area contributed by atoms with Crippen LogP contribution in [0.25, 0.3) is 27.8 Å². The Kier molecular flexibility index (Phi) is 8.53. The lowest BCUT2D eigenvalue weighted by Gasteiger charge is -2.30. The highest BCUT2D eigenvalue weighted by Gasteiger charge is 2.23. The molecule has 1 amide bonds. The maximum Gasteiger partial charge on any atom is 0.250 e. The number of thiol groups is 1. The number of nitrogens with zero attached hydrogens (tertiary/aromatic N) is 4. The fraction of sp³-hybridized carbons (Fsp3) is 0.265. The van der Waals surface area contributed by atoms with Crippen LogP contribution >= 0.6 is 24.2 Å². The summed E-state index contributed by atoms with van der Waals surface area (Å²) in [4.78, 5) is 24.1. The van der Waals surface area contributed by atoms with Gasteiger partial charge in [0, 0.05) is 36.6 Å². The lowest BCUT2D eigenvalue weighted by atomic mass is 10.1. The van der Waals surface area contributed by atoms with E-state index in [4.69, 9.17) is 26.8 Å². The Morgan fingerprint density at radius 2 is 1.82 bits per heavy atom. The molecule has 0 spiro atoms. The maximum atomic E-state index is 12.5. The van der Waals surface area contributed by atoms with Crippen molar-refractivity contribution in [1.82, 2.24) is 19.4 Å². The normalized spacial score (nSPS) is 14.9. The summed E-state index contributed by atoms with van der Waals surface area (Å²) in [6.07, 6.45) is 5.05. The smallest absolute Gasteiger partial charge is 0.250 e. The highest BCUT2D eigenvalue weighted by molar-refractivity contribution is 7.80. The minimum Gasteiger partial charge on any atom is -0.489 e. The van der Waals surface area contributed by atoms with E-state index in [2.05, 4.69) is 34.5 Å². The maximum absolute atomic E-state index is 12.5. The Morgan fingerprint density at radius 3 is 2.57 bits per heavy atom. The molecule has 0 bridgehead atoms. The Balaban J connectivity index is 1.31. The number of carbonyl (C=O) groups excluding carboxylic acids is 1. The first kappa shape index (κ1) is 30.0. The number of benzene rings is 3. The van der Waals surface area contributed by atoms with Gasteiger partial charge >= 0.3 is 0 Å². The number of pyridine rings is 1. The van der Waals surface area contributed by atoms with Gasteiger partial charge in [-0.05, 0) is 81.3 Å². The Bertz CT molecular complexity index is 1850. The van der Waals surface area contributed by atoms with E-state index in [9.17, 15) is 4.79 Å². The van der Waals surface area contributed by atoms with E-state index in [1.807, 2.05) is 73.0 Å². The van der Waals surface area contributed by atoms with Gasteiger partial charge in [-0.2, -0.15) is 0 Å². The molecule has 6 rings (SSSR count). The SMILES string of the molecule is Cc1cc(-c2ccc3c(c2)ncn3-c2cc(O[C@H](C)c3cccc(OC4CCN(C)CC4)c3Cl)c(S)c(C(N)=O)c2)ccn1. The number of fused-ring (bicyclic) bond motifs is 1. The molecule has 44 heavy (non-hydrogen) atoms. The predicted molar refractivity (Wildman–Crippen MR) is 176 cm³/mol. The van der Waals surface area contributed by atoms with Crippen LogP contribution in [-0.2, 0) is 0 Å². The fourth-order valence-electron chi connectivity index (χ4n) is 5.60. The van der Waals surface area contributed by atoms with Crippen molar-refractivity contribution in [3.8, 4) is 28.3 Å². The van der Waals surface area contributed by atoms with Crippen LogP contribution in [0.5, 0.6) is 11.5 Å². The molecule has 2 N–H and O–H groups in total. The Labute approximate surface area is 267 Å². The van der Waals surface area contributed by atoms with Gasteiger partial charge in [0.05, 0.1) is 32.2 Å². The standard InChI is InChI=1S/C34H34ClN5O3S/c1-20-15-23(9-12-37-20)22-7-8-29-28(16-22)38-19-40(29)24-17-27(34(36)41)33(44)31(18-24)42-21(2)26-5-4-6-30(32(26)35)43-25-10-13-39(3)14-11-25/h4-9,12,15-19,21,25,44H,10-11,13-14H2,1-3H3,(H2,36,41)/t21-/m1/s1. The second-order valence-electron chi connectivity index (χ2n) is 11.2.